The topological polar surface area (TPSA) is 105 Å². The van der Waals surface area contributed by atoms with Gasteiger partial charge in [0.15, 0.2) is 0 Å². The van der Waals surface area contributed by atoms with Crippen LogP contribution in [-0.4, -0.2) is 41.8 Å². The van der Waals surface area contributed by atoms with Crippen LogP contribution in [0.2, 0.25) is 0 Å². The number of alkyl carbamates (subject to hydrolysis) is 1. The van der Waals surface area contributed by atoms with Crippen molar-refractivity contribution in [3.05, 3.63) is 59.7 Å². The first kappa shape index (κ1) is 25.3. The molecule has 0 radical (unpaired) electrons. The summed E-state index contributed by atoms with van der Waals surface area (Å²) in [6, 6.07) is 14.2. The Morgan fingerprint density at radius 3 is 1.82 bits per heavy atom. The van der Waals surface area contributed by atoms with E-state index in [-0.39, 0.29) is 24.4 Å². The normalized spacial score (nSPS) is 14.3. The Balaban J connectivity index is 1.66. The molecule has 0 aliphatic heterocycles. The summed E-state index contributed by atoms with van der Waals surface area (Å²) in [5.74, 6) is -1.49. The highest BCUT2D eigenvalue weighted by Crippen LogP contribution is 2.44. The highest BCUT2D eigenvalue weighted by molar-refractivity contribution is 5.89. The van der Waals surface area contributed by atoms with Crippen LogP contribution < -0.4 is 10.6 Å². The third kappa shape index (κ3) is 6.16. The van der Waals surface area contributed by atoms with Gasteiger partial charge in [0.1, 0.15) is 18.7 Å². The first-order chi connectivity index (χ1) is 16.2. The Hall–Kier alpha value is -3.35. The fourth-order valence-electron chi connectivity index (χ4n) is 4.45. The lowest BCUT2D eigenvalue weighted by atomic mass is 9.98. The zero-order valence-corrected chi connectivity index (χ0v) is 20.2. The number of nitrogens with one attached hydrogen (secondary N) is 2. The minimum atomic E-state index is -1.09. The molecule has 1 aliphatic rings. The Bertz CT molecular complexity index is 988. The number of hydrogen-bond donors (Lipinski definition) is 3. The van der Waals surface area contributed by atoms with Crippen molar-refractivity contribution in [2.24, 2.45) is 11.8 Å². The Morgan fingerprint density at radius 1 is 0.824 bits per heavy atom. The van der Waals surface area contributed by atoms with E-state index in [0.717, 1.165) is 22.3 Å². The van der Waals surface area contributed by atoms with Crippen LogP contribution in [0, 0.1) is 11.8 Å². The molecule has 1 aliphatic carbocycles. The van der Waals surface area contributed by atoms with Crippen LogP contribution in [-0.2, 0) is 14.3 Å². The van der Waals surface area contributed by atoms with Crippen molar-refractivity contribution < 1.29 is 24.2 Å². The lowest BCUT2D eigenvalue weighted by Crippen LogP contribution is -2.52. The van der Waals surface area contributed by atoms with Crippen LogP contribution in [0.25, 0.3) is 11.1 Å². The van der Waals surface area contributed by atoms with Gasteiger partial charge in [-0.1, -0.05) is 76.2 Å². The van der Waals surface area contributed by atoms with Crippen LogP contribution in [0.3, 0.4) is 0 Å². The van der Waals surface area contributed by atoms with E-state index in [1.165, 1.54) is 0 Å². The summed E-state index contributed by atoms with van der Waals surface area (Å²) in [6.07, 6.45) is -0.0248. The standard InChI is InChI=1S/C27H34N2O5/c1-16(2)13-23(25(30)28-24(26(31)32)14-17(3)4)29-27(33)34-15-22-20-11-7-5-9-18(20)19-10-6-8-12-21(19)22/h5-12,16-17,22-24H,13-15H2,1-4H3,(H,28,30)(H,29,33)(H,31,32)/t23-,24?/m1/s1. The van der Waals surface area contributed by atoms with E-state index >= 15 is 0 Å². The van der Waals surface area contributed by atoms with Gasteiger partial charge in [0, 0.05) is 5.92 Å². The zero-order chi connectivity index (χ0) is 24.8. The molecule has 0 bridgehead atoms. The maximum atomic E-state index is 12.9. The number of aliphatic carboxylic acids is 1. The molecule has 0 spiro atoms. The smallest absolute Gasteiger partial charge is 0.407 e. The summed E-state index contributed by atoms with van der Waals surface area (Å²) in [6.45, 7) is 7.79. The summed E-state index contributed by atoms with van der Waals surface area (Å²) >= 11 is 0. The van der Waals surface area contributed by atoms with E-state index in [0.29, 0.717) is 12.8 Å². The molecule has 2 aromatic rings. The van der Waals surface area contributed by atoms with E-state index in [4.69, 9.17) is 4.74 Å². The van der Waals surface area contributed by atoms with E-state index in [1.54, 1.807) is 0 Å². The van der Waals surface area contributed by atoms with Crippen molar-refractivity contribution >= 4 is 18.0 Å². The van der Waals surface area contributed by atoms with Gasteiger partial charge in [-0.3, -0.25) is 4.79 Å². The highest BCUT2D eigenvalue weighted by Gasteiger charge is 2.31. The molecule has 7 nitrogen and oxygen atoms in total. The van der Waals surface area contributed by atoms with Gasteiger partial charge in [0.05, 0.1) is 0 Å². The van der Waals surface area contributed by atoms with Gasteiger partial charge in [-0.2, -0.15) is 0 Å². The number of carboxylic acid groups (broad SMARTS) is 1. The molecular formula is C27H34N2O5. The van der Waals surface area contributed by atoms with Crippen LogP contribution >= 0.6 is 0 Å². The molecule has 2 amide bonds. The molecule has 2 atom stereocenters. The van der Waals surface area contributed by atoms with Gasteiger partial charge in [-0.15, -0.1) is 0 Å². The molecule has 0 fully saturated rings. The third-order valence-electron chi connectivity index (χ3n) is 5.98. The van der Waals surface area contributed by atoms with E-state index in [9.17, 15) is 19.5 Å². The van der Waals surface area contributed by atoms with E-state index in [1.807, 2.05) is 64.1 Å². The minimum Gasteiger partial charge on any atom is -0.480 e. The van der Waals surface area contributed by atoms with Gasteiger partial charge in [0.25, 0.3) is 0 Å². The summed E-state index contributed by atoms with van der Waals surface area (Å²) in [7, 11) is 0. The third-order valence-corrected chi connectivity index (χ3v) is 5.98. The maximum Gasteiger partial charge on any atom is 0.407 e. The summed E-state index contributed by atoms with van der Waals surface area (Å²) in [4.78, 5) is 37.1. The molecule has 0 saturated heterocycles. The van der Waals surface area contributed by atoms with E-state index in [2.05, 4.69) is 22.8 Å². The Morgan fingerprint density at radius 2 is 1.32 bits per heavy atom. The summed E-state index contributed by atoms with van der Waals surface area (Å²) in [5, 5.41) is 14.7. The Kier molecular flexibility index (Phi) is 8.31. The number of fused-ring (bicyclic) bond motifs is 3. The van der Waals surface area contributed by atoms with Gasteiger partial charge in [-0.05, 0) is 46.9 Å². The van der Waals surface area contributed by atoms with Crippen molar-refractivity contribution in [2.75, 3.05) is 6.61 Å². The van der Waals surface area contributed by atoms with Crippen molar-refractivity contribution in [3.8, 4) is 11.1 Å². The Labute approximate surface area is 200 Å². The molecule has 3 N–H and O–H groups in total. The quantitative estimate of drug-likeness (QED) is 0.476. The number of carbonyl (C=O) groups excluding carboxylic acids is 2. The second-order valence-electron chi connectivity index (χ2n) is 9.68. The fourth-order valence-corrected chi connectivity index (χ4v) is 4.45. The van der Waals surface area contributed by atoms with Gasteiger partial charge >= 0.3 is 12.1 Å². The van der Waals surface area contributed by atoms with Crippen LogP contribution in [0.1, 0.15) is 57.6 Å². The summed E-state index contributed by atoms with van der Waals surface area (Å²) < 4.78 is 5.57. The summed E-state index contributed by atoms with van der Waals surface area (Å²) in [5.41, 5.74) is 4.47. The van der Waals surface area contributed by atoms with Crippen LogP contribution in [0.15, 0.2) is 48.5 Å². The van der Waals surface area contributed by atoms with E-state index < -0.39 is 30.1 Å². The first-order valence-electron chi connectivity index (χ1n) is 11.8. The number of amides is 2. The van der Waals surface area contributed by atoms with Gasteiger partial charge in [0.2, 0.25) is 5.91 Å². The predicted octanol–water partition coefficient (Wildman–Crippen LogP) is 4.56. The molecule has 0 heterocycles. The number of rotatable bonds is 10. The predicted molar refractivity (Wildman–Crippen MR) is 130 cm³/mol. The molecule has 182 valence electrons. The second kappa shape index (κ2) is 11.2. The molecule has 7 heteroatoms. The largest absolute Gasteiger partial charge is 0.480 e. The van der Waals surface area contributed by atoms with Crippen molar-refractivity contribution in [3.63, 3.8) is 0 Å². The molecular weight excluding hydrogens is 432 g/mol. The first-order valence-corrected chi connectivity index (χ1v) is 11.8. The average molecular weight is 467 g/mol. The average Bonchev–Trinajstić information content (AvgIpc) is 3.10. The van der Waals surface area contributed by atoms with Crippen LogP contribution in [0.5, 0.6) is 0 Å². The number of hydrogen-bond acceptors (Lipinski definition) is 4. The lowest BCUT2D eigenvalue weighted by molar-refractivity contribution is -0.142. The highest BCUT2D eigenvalue weighted by atomic mass is 16.5. The number of carbonyl (C=O) groups is 3. The number of ether oxygens (including phenoxy) is 1. The van der Waals surface area contributed by atoms with Crippen molar-refractivity contribution in [1.29, 1.82) is 0 Å². The van der Waals surface area contributed by atoms with Gasteiger partial charge in [-0.25, -0.2) is 9.59 Å². The maximum absolute atomic E-state index is 12.9. The number of carboxylic acids is 1. The minimum absolute atomic E-state index is 0.0852. The molecule has 34 heavy (non-hydrogen) atoms. The fraction of sp³-hybridized carbons (Fsp3) is 0.444. The molecule has 1 unspecified atom stereocenters. The van der Waals surface area contributed by atoms with Crippen LogP contribution in [0.4, 0.5) is 4.79 Å². The molecule has 3 rings (SSSR count). The second-order valence-corrected chi connectivity index (χ2v) is 9.68. The van der Waals surface area contributed by atoms with Crippen molar-refractivity contribution in [1.82, 2.24) is 10.6 Å². The number of benzene rings is 2. The lowest BCUT2D eigenvalue weighted by Gasteiger charge is -2.23. The molecule has 0 aromatic heterocycles. The van der Waals surface area contributed by atoms with Crippen molar-refractivity contribution in [2.45, 2.75) is 58.5 Å². The zero-order valence-electron chi connectivity index (χ0n) is 20.2. The monoisotopic (exact) mass is 466 g/mol. The molecule has 0 saturated carbocycles. The van der Waals surface area contributed by atoms with Gasteiger partial charge < -0.3 is 20.5 Å². The molecule has 2 aromatic carbocycles. The SMILES string of the molecule is CC(C)CC(NC(=O)[C@@H](CC(C)C)NC(=O)OCC1c2ccccc2-c2ccccc21)C(=O)O.